The Balaban J connectivity index is 2.32. The Kier molecular flexibility index (Phi) is 3.92. The van der Waals surface area contributed by atoms with Gasteiger partial charge in [-0.25, -0.2) is 0 Å². The smallest absolute Gasteiger partial charge is 0.177 e. The molecular formula is C14H18O2S. The Bertz CT molecular complexity index is 452. The standard InChI is InChI=1S/C14H18O2S/c1-4-16-14(15)13-7-10-5-6-11(17-3)8-12(10)9(13)2/h5-6,8,14-15H,4,7H2,1-3H3. The van der Waals surface area contributed by atoms with Gasteiger partial charge in [-0.05, 0) is 60.9 Å². The number of thioether (sulfide) groups is 1. The molecule has 0 amide bonds. The highest BCUT2D eigenvalue weighted by atomic mass is 32.2. The summed E-state index contributed by atoms with van der Waals surface area (Å²) >= 11 is 1.74. The lowest BCUT2D eigenvalue weighted by Gasteiger charge is -2.12. The predicted molar refractivity (Wildman–Crippen MR) is 72.2 cm³/mol. The second-order valence-electron chi connectivity index (χ2n) is 4.16. The molecule has 0 saturated carbocycles. The van der Waals surface area contributed by atoms with Gasteiger partial charge in [0.15, 0.2) is 6.29 Å². The molecule has 0 fully saturated rings. The molecule has 1 unspecified atom stereocenters. The highest BCUT2D eigenvalue weighted by Crippen LogP contribution is 2.36. The van der Waals surface area contributed by atoms with E-state index in [1.54, 1.807) is 11.8 Å². The molecule has 92 valence electrons. The van der Waals surface area contributed by atoms with Crippen LogP contribution in [0, 0.1) is 0 Å². The van der Waals surface area contributed by atoms with Gasteiger partial charge in [-0.3, -0.25) is 0 Å². The lowest BCUT2D eigenvalue weighted by Crippen LogP contribution is -2.15. The summed E-state index contributed by atoms with van der Waals surface area (Å²) < 4.78 is 5.28. The molecule has 0 aromatic heterocycles. The zero-order chi connectivity index (χ0) is 12.4. The molecule has 2 rings (SSSR count). The van der Waals surface area contributed by atoms with Crippen molar-refractivity contribution < 1.29 is 9.84 Å². The van der Waals surface area contributed by atoms with Crippen LogP contribution < -0.4 is 0 Å². The van der Waals surface area contributed by atoms with E-state index < -0.39 is 6.29 Å². The molecule has 1 aliphatic carbocycles. The summed E-state index contributed by atoms with van der Waals surface area (Å²) in [6.45, 7) is 4.49. The van der Waals surface area contributed by atoms with E-state index in [0.717, 1.165) is 17.6 Å². The zero-order valence-electron chi connectivity index (χ0n) is 10.5. The Morgan fingerprint density at radius 1 is 1.47 bits per heavy atom. The van der Waals surface area contributed by atoms with Crippen LogP contribution in [0.2, 0.25) is 0 Å². The number of benzene rings is 1. The van der Waals surface area contributed by atoms with Crippen molar-refractivity contribution in [1.29, 1.82) is 0 Å². The maximum atomic E-state index is 9.93. The SMILES string of the molecule is CCOC(O)C1=C(C)c2cc(SC)ccc2C1. The van der Waals surface area contributed by atoms with Gasteiger partial charge in [0, 0.05) is 11.5 Å². The van der Waals surface area contributed by atoms with Crippen molar-refractivity contribution in [1.82, 2.24) is 0 Å². The topological polar surface area (TPSA) is 29.5 Å². The summed E-state index contributed by atoms with van der Waals surface area (Å²) in [5, 5.41) is 9.93. The molecule has 1 aromatic rings. The lowest BCUT2D eigenvalue weighted by atomic mass is 10.1. The van der Waals surface area contributed by atoms with Crippen LogP contribution in [0.25, 0.3) is 5.57 Å². The number of hydrogen-bond donors (Lipinski definition) is 1. The van der Waals surface area contributed by atoms with Gasteiger partial charge in [-0.15, -0.1) is 11.8 Å². The molecule has 0 radical (unpaired) electrons. The first kappa shape index (κ1) is 12.7. The molecule has 3 heteroatoms. The quantitative estimate of drug-likeness (QED) is 0.658. The first-order valence-electron chi connectivity index (χ1n) is 5.84. The van der Waals surface area contributed by atoms with Gasteiger partial charge in [0.1, 0.15) is 0 Å². The highest BCUT2D eigenvalue weighted by Gasteiger charge is 2.23. The van der Waals surface area contributed by atoms with E-state index in [-0.39, 0.29) is 0 Å². The molecule has 0 saturated heterocycles. The Labute approximate surface area is 107 Å². The third kappa shape index (κ3) is 2.41. The van der Waals surface area contributed by atoms with Crippen molar-refractivity contribution >= 4 is 17.3 Å². The number of ether oxygens (including phenoxy) is 1. The minimum Gasteiger partial charge on any atom is -0.364 e. The van der Waals surface area contributed by atoms with E-state index in [9.17, 15) is 5.11 Å². The molecule has 0 heterocycles. The lowest BCUT2D eigenvalue weighted by molar-refractivity contribution is -0.0675. The Hall–Kier alpha value is -0.770. The number of aliphatic hydroxyl groups is 1. The van der Waals surface area contributed by atoms with Crippen LogP contribution in [0.15, 0.2) is 28.7 Å². The van der Waals surface area contributed by atoms with Gasteiger partial charge in [-0.1, -0.05) is 6.07 Å². The second kappa shape index (κ2) is 5.25. The third-order valence-electron chi connectivity index (χ3n) is 3.21. The summed E-state index contributed by atoms with van der Waals surface area (Å²) in [4.78, 5) is 1.26. The van der Waals surface area contributed by atoms with Crippen molar-refractivity contribution in [2.24, 2.45) is 0 Å². The predicted octanol–water partition coefficient (Wildman–Crippen LogP) is 3.09. The number of allylic oxidation sites excluding steroid dienone is 1. The van der Waals surface area contributed by atoms with Crippen molar-refractivity contribution in [2.75, 3.05) is 12.9 Å². The summed E-state index contributed by atoms with van der Waals surface area (Å²) in [7, 11) is 0. The van der Waals surface area contributed by atoms with Gasteiger partial charge in [-0.2, -0.15) is 0 Å². The maximum absolute atomic E-state index is 9.93. The molecule has 0 spiro atoms. The van der Waals surface area contributed by atoms with E-state index in [1.807, 2.05) is 6.92 Å². The van der Waals surface area contributed by atoms with Crippen LogP contribution in [0.3, 0.4) is 0 Å². The van der Waals surface area contributed by atoms with Gasteiger partial charge < -0.3 is 9.84 Å². The van der Waals surface area contributed by atoms with Crippen LogP contribution in [0.4, 0.5) is 0 Å². The summed E-state index contributed by atoms with van der Waals surface area (Å²) in [6, 6.07) is 6.48. The van der Waals surface area contributed by atoms with Crippen LogP contribution >= 0.6 is 11.8 Å². The van der Waals surface area contributed by atoms with Gasteiger partial charge in [0.2, 0.25) is 0 Å². The molecule has 1 atom stereocenters. The largest absolute Gasteiger partial charge is 0.364 e. The first-order chi connectivity index (χ1) is 8.17. The number of rotatable bonds is 4. The number of fused-ring (bicyclic) bond motifs is 1. The number of aliphatic hydroxyl groups excluding tert-OH is 1. The van der Waals surface area contributed by atoms with Crippen molar-refractivity contribution in [3.05, 3.63) is 34.9 Å². The second-order valence-corrected chi connectivity index (χ2v) is 5.04. The minimum absolute atomic E-state index is 0.532. The van der Waals surface area contributed by atoms with Gasteiger partial charge in [0.25, 0.3) is 0 Å². The van der Waals surface area contributed by atoms with Crippen LogP contribution in [-0.4, -0.2) is 24.3 Å². The molecule has 1 aromatic carbocycles. The monoisotopic (exact) mass is 250 g/mol. The third-order valence-corrected chi connectivity index (χ3v) is 3.93. The van der Waals surface area contributed by atoms with Crippen molar-refractivity contribution in [3.8, 4) is 0 Å². The van der Waals surface area contributed by atoms with Crippen molar-refractivity contribution in [3.63, 3.8) is 0 Å². The fourth-order valence-corrected chi connectivity index (χ4v) is 2.67. The molecule has 1 N–H and O–H groups in total. The highest BCUT2D eigenvalue weighted by molar-refractivity contribution is 7.98. The summed E-state index contributed by atoms with van der Waals surface area (Å²) in [5.74, 6) is 0. The van der Waals surface area contributed by atoms with Gasteiger partial charge >= 0.3 is 0 Å². The van der Waals surface area contributed by atoms with E-state index in [1.165, 1.54) is 16.0 Å². The summed E-state index contributed by atoms with van der Waals surface area (Å²) in [6.07, 6.45) is 2.12. The molecule has 1 aliphatic rings. The summed E-state index contributed by atoms with van der Waals surface area (Å²) in [5.41, 5.74) is 4.71. The molecule has 2 nitrogen and oxygen atoms in total. The maximum Gasteiger partial charge on any atom is 0.177 e. The first-order valence-corrected chi connectivity index (χ1v) is 7.06. The molecule has 0 aliphatic heterocycles. The zero-order valence-corrected chi connectivity index (χ0v) is 11.3. The molecule has 0 bridgehead atoms. The van der Waals surface area contributed by atoms with Crippen molar-refractivity contribution in [2.45, 2.75) is 31.5 Å². The number of hydrogen-bond acceptors (Lipinski definition) is 3. The average molecular weight is 250 g/mol. The van der Waals surface area contributed by atoms with E-state index >= 15 is 0 Å². The van der Waals surface area contributed by atoms with Crippen LogP contribution in [0.5, 0.6) is 0 Å². The molecular weight excluding hydrogens is 232 g/mol. The average Bonchev–Trinajstić information content (AvgIpc) is 2.67. The van der Waals surface area contributed by atoms with E-state index in [0.29, 0.717) is 6.61 Å². The van der Waals surface area contributed by atoms with Gasteiger partial charge in [0.05, 0.1) is 0 Å². The fraction of sp³-hybridized carbons (Fsp3) is 0.429. The Morgan fingerprint density at radius 2 is 2.24 bits per heavy atom. The van der Waals surface area contributed by atoms with Crippen LogP contribution in [0.1, 0.15) is 25.0 Å². The molecule has 17 heavy (non-hydrogen) atoms. The normalized spacial score (nSPS) is 16.2. The fourth-order valence-electron chi connectivity index (χ4n) is 2.23. The van der Waals surface area contributed by atoms with E-state index in [4.69, 9.17) is 4.74 Å². The minimum atomic E-state index is -0.759. The van der Waals surface area contributed by atoms with Crippen LogP contribution in [-0.2, 0) is 11.2 Å². The van der Waals surface area contributed by atoms with E-state index in [2.05, 4.69) is 31.4 Å². The Morgan fingerprint density at radius 3 is 2.88 bits per heavy atom.